The van der Waals surface area contributed by atoms with Crippen LogP contribution in [-0.2, 0) is 0 Å². The van der Waals surface area contributed by atoms with E-state index >= 15 is 0 Å². The standard InChI is InChI=1S/C15H20ClNO2/c16-13-7-5-12(6-8-13)15(19)10-17-9-3-1-2-4-14(17)11-18/h5-8,14,18H,1-4,9-11H2. The summed E-state index contributed by atoms with van der Waals surface area (Å²) in [5.74, 6) is 0.0945. The second kappa shape index (κ2) is 7.04. The summed E-state index contributed by atoms with van der Waals surface area (Å²) in [6, 6.07) is 7.12. The monoisotopic (exact) mass is 281 g/mol. The molecule has 0 bridgehead atoms. The zero-order valence-electron chi connectivity index (χ0n) is 11.0. The molecule has 0 saturated carbocycles. The van der Waals surface area contributed by atoms with Gasteiger partial charge in [-0.2, -0.15) is 0 Å². The van der Waals surface area contributed by atoms with E-state index in [2.05, 4.69) is 4.90 Å². The van der Waals surface area contributed by atoms with E-state index in [9.17, 15) is 9.90 Å². The molecule has 1 N–H and O–H groups in total. The Morgan fingerprint density at radius 3 is 2.68 bits per heavy atom. The molecule has 1 unspecified atom stereocenters. The number of hydrogen-bond acceptors (Lipinski definition) is 3. The number of ketones is 1. The van der Waals surface area contributed by atoms with Gasteiger partial charge in [0, 0.05) is 16.6 Å². The average Bonchev–Trinajstić information content (AvgIpc) is 2.64. The molecule has 1 aliphatic heterocycles. The maximum atomic E-state index is 12.2. The predicted octanol–water partition coefficient (Wildman–Crippen LogP) is 2.76. The van der Waals surface area contributed by atoms with Gasteiger partial charge in [0.25, 0.3) is 0 Å². The minimum atomic E-state index is 0.0945. The maximum Gasteiger partial charge on any atom is 0.176 e. The van der Waals surface area contributed by atoms with Crippen LogP contribution in [0.4, 0.5) is 0 Å². The largest absolute Gasteiger partial charge is 0.395 e. The summed E-state index contributed by atoms with van der Waals surface area (Å²) in [5, 5.41) is 10.1. The van der Waals surface area contributed by atoms with Gasteiger partial charge in [0.15, 0.2) is 5.78 Å². The van der Waals surface area contributed by atoms with E-state index < -0.39 is 0 Å². The highest BCUT2D eigenvalue weighted by atomic mass is 35.5. The van der Waals surface area contributed by atoms with Crippen molar-refractivity contribution in [1.29, 1.82) is 0 Å². The molecule has 1 fully saturated rings. The summed E-state index contributed by atoms with van der Waals surface area (Å²) < 4.78 is 0. The molecule has 3 nitrogen and oxygen atoms in total. The van der Waals surface area contributed by atoms with Gasteiger partial charge in [-0.25, -0.2) is 0 Å². The highest BCUT2D eigenvalue weighted by molar-refractivity contribution is 6.30. The molecule has 1 atom stereocenters. The van der Waals surface area contributed by atoms with Crippen molar-refractivity contribution in [3.8, 4) is 0 Å². The van der Waals surface area contributed by atoms with Gasteiger partial charge in [0.1, 0.15) is 0 Å². The second-order valence-corrected chi connectivity index (χ2v) is 5.52. The fourth-order valence-corrected chi connectivity index (χ4v) is 2.69. The molecule has 1 heterocycles. The summed E-state index contributed by atoms with van der Waals surface area (Å²) in [5.41, 5.74) is 0.685. The normalized spacial score (nSPS) is 21.1. The van der Waals surface area contributed by atoms with Gasteiger partial charge in [0.2, 0.25) is 0 Å². The number of rotatable bonds is 4. The first-order valence-corrected chi connectivity index (χ1v) is 7.22. The number of halogens is 1. The third-order valence-corrected chi connectivity index (χ3v) is 3.97. The first-order valence-electron chi connectivity index (χ1n) is 6.84. The molecular weight excluding hydrogens is 262 g/mol. The van der Waals surface area contributed by atoms with Crippen LogP contribution in [0.2, 0.25) is 5.02 Å². The van der Waals surface area contributed by atoms with Crippen LogP contribution in [0.3, 0.4) is 0 Å². The van der Waals surface area contributed by atoms with Crippen molar-refractivity contribution in [2.45, 2.75) is 31.7 Å². The summed E-state index contributed by atoms with van der Waals surface area (Å²) in [6.45, 7) is 1.41. The van der Waals surface area contributed by atoms with Crippen LogP contribution in [0.1, 0.15) is 36.0 Å². The Hall–Kier alpha value is -0.900. The Bertz CT molecular complexity index is 419. The molecule has 104 valence electrons. The molecule has 1 saturated heterocycles. The fraction of sp³-hybridized carbons (Fsp3) is 0.533. The third kappa shape index (κ3) is 4.03. The average molecular weight is 282 g/mol. The van der Waals surface area contributed by atoms with Crippen molar-refractivity contribution in [3.63, 3.8) is 0 Å². The number of likely N-dealkylation sites (tertiary alicyclic amines) is 1. The Morgan fingerprint density at radius 1 is 1.26 bits per heavy atom. The first-order chi connectivity index (χ1) is 9.20. The molecule has 19 heavy (non-hydrogen) atoms. The fourth-order valence-electron chi connectivity index (χ4n) is 2.56. The van der Waals surface area contributed by atoms with Gasteiger partial charge in [-0.1, -0.05) is 24.4 Å². The predicted molar refractivity (Wildman–Crippen MR) is 76.7 cm³/mol. The van der Waals surface area contributed by atoms with Crippen molar-refractivity contribution in [1.82, 2.24) is 4.90 Å². The van der Waals surface area contributed by atoms with E-state index in [-0.39, 0.29) is 18.4 Å². The summed E-state index contributed by atoms with van der Waals surface area (Å²) in [7, 11) is 0. The van der Waals surface area contributed by atoms with Crippen molar-refractivity contribution in [3.05, 3.63) is 34.9 Å². The van der Waals surface area contributed by atoms with E-state index in [0.717, 1.165) is 25.8 Å². The number of carbonyl (C=O) groups excluding carboxylic acids is 1. The number of aliphatic hydroxyl groups is 1. The molecule has 1 aromatic carbocycles. The van der Waals surface area contributed by atoms with E-state index in [0.29, 0.717) is 17.1 Å². The number of hydrogen-bond donors (Lipinski definition) is 1. The van der Waals surface area contributed by atoms with Gasteiger partial charge in [0.05, 0.1) is 13.2 Å². The van der Waals surface area contributed by atoms with E-state index in [1.54, 1.807) is 24.3 Å². The highest BCUT2D eigenvalue weighted by Crippen LogP contribution is 2.17. The number of aliphatic hydroxyl groups excluding tert-OH is 1. The van der Waals surface area contributed by atoms with E-state index in [1.165, 1.54) is 6.42 Å². The molecule has 0 aliphatic carbocycles. The van der Waals surface area contributed by atoms with E-state index in [1.807, 2.05) is 0 Å². The lowest BCUT2D eigenvalue weighted by atomic mass is 10.1. The molecule has 0 spiro atoms. The number of carbonyl (C=O) groups is 1. The third-order valence-electron chi connectivity index (χ3n) is 3.72. The highest BCUT2D eigenvalue weighted by Gasteiger charge is 2.22. The zero-order chi connectivity index (χ0) is 13.7. The smallest absolute Gasteiger partial charge is 0.176 e. The van der Waals surface area contributed by atoms with Gasteiger partial charge in [-0.05, 0) is 43.7 Å². The van der Waals surface area contributed by atoms with Crippen molar-refractivity contribution in [2.24, 2.45) is 0 Å². The molecule has 0 radical (unpaired) electrons. The first kappa shape index (κ1) is 14.5. The Labute approximate surface area is 119 Å². The van der Waals surface area contributed by atoms with Crippen LogP contribution in [0, 0.1) is 0 Å². The van der Waals surface area contributed by atoms with Crippen molar-refractivity contribution < 1.29 is 9.90 Å². The lowest BCUT2D eigenvalue weighted by Crippen LogP contribution is -2.40. The molecule has 2 rings (SSSR count). The zero-order valence-corrected chi connectivity index (χ0v) is 11.8. The summed E-state index contributed by atoms with van der Waals surface area (Å²) in [4.78, 5) is 14.3. The number of benzene rings is 1. The van der Waals surface area contributed by atoms with E-state index in [4.69, 9.17) is 11.6 Å². The van der Waals surface area contributed by atoms with Crippen molar-refractivity contribution in [2.75, 3.05) is 19.7 Å². The Balaban J connectivity index is 2.01. The van der Waals surface area contributed by atoms with Gasteiger partial charge in [-0.15, -0.1) is 0 Å². The molecule has 0 amide bonds. The van der Waals surface area contributed by atoms with Gasteiger partial charge in [-0.3, -0.25) is 9.69 Å². The van der Waals surface area contributed by atoms with Gasteiger partial charge >= 0.3 is 0 Å². The van der Waals surface area contributed by atoms with Crippen LogP contribution in [0.15, 0.2) is 24.3 Å². The molecule has 4 heteroatoms. The molecule has 1 aliphatic rings. The van der Waals surface area contributed by atoms with Crippen LogP contribution in [0.25, 0.3) is 0 Å². The second-order valence-electron chi connectivity index (χ2n) is 5.09. The number of nitrogens with zero attached hydrogens (tertiary/aromatic N) is 1. The Kier molecular flexibility index (Phi) is 5.37. The topological polar surface area (TPSA) is 40.5 Å². The minimum absolute atomic E-state index is 0.0945. The van der Waals surface area contributed by atoms with Crippen LogP contribution in [0.5, 0.6) is 0 Å². The van der Waals surface area contributed by atoms with Crippen LogP contribution in [-0.4, -0.2) is 41.5 Å². The van der Waals surface area contributed by atoms with Gasteiger partial charge < -0.3 is 5.11 Å². The lowest BCUT2D eigenvalue weighted by Gasteiger charge is -2.27. The minimum Gasteiger partial charge on any atom is -0.395 e. The SMILES string of the molecule is O=C(CN1CCCCCC1CO)c1ccc(Cl)cc1. The lowest BCUT2D eigenvalue weighted by molar-refractivity contribution is 0.0826. The summed E-state index contributed by atoms with van der Waals surface area (Å²) in [6.07, 6.45) is 4.40. The Morgan fingerprint density at radius 2 is 2.00 bits per heavy atom. The van der Waals surface area contributed by atoms with Crippen LogP contribution >= 0.6 is 11.6 Å². The molecule has 0 aromatic heterocycles. The quantitative estimate of drug-likeness (QED) is 0.863. The summed E-state index contributed by atoms with van der Waals surface area (Å²) >= 11 is 5.82. The molecule has 1 aromatic rings. The van der Waals surface area contributed by atoms with Crippen molar-refractivity contribution >= 4 is 17.4 Å². The van der Waals surface area contributed by atoms with Crippen LogP contribution < -0.4 is 0 Å². The molecular formula is C15H20ClNO2. The maximum absolute atomic E-state index is 12.2. The number of Topliss-reactive ketones (excluding diaryl/α,β-unsaturated/α-hetero) is 1.